The average Bonchev–Trinajstić information content (AvgIpc) is 2.76. The Bertz CT molecular complexity index is 990. The number of halogens is 2. The van der Waals surface area contributed by atoms with Crippen LogP contribution in [0, 0.1) is 0 Å². The van der Waals surface area contributed by atoms with E-state index in [1.165, 1.54) is 26.2 Å². The Kier molecular flexibility index (Phi) is 8.00. The number of hydrogen-bond acceptors (Lipinski definition) is 5. The number of ether oxygens (including phenoxy) is 1. The topological polar surface area (TPSA) is 40.6 Å². The number of hydrogen-bond donors (Lipinski definition) is 1. The summed E-state index contributed by atoms with van der Waals surface area (Å²) in [6, 6.07) is 11.9. The molecule has 2 heterocycles. The van der Waals surface area contributed by atoms with Crippen molar-refractivity contribution < 1.29 is 4.74 Å². The van der Waals surface area contributed by atoms with E-state index >= 15 is 0 Å². The van der Waals surface area contributed by atoms with Crippen molar-refractivity contribution in [1.82, 2.24) is 14.8 Å². The number of pyridine rings is 1. The Hall–Kier alpha value is -1.79. The third-order valence-electron chi connectivity index (χ3n) is 5.81. The molecule has 0 bridgehead atoms. The standard InChI is InChI=1S/C23H29ClN4O.ClH/c1-3-27-11-13-28(14-12-27)10-4-9-25-23-19-7-5-17(24)15-22(19)26-21-8-6-18(29-2)16-20(21)23;/h5-8,15-16H,3-4,9-14H2,1-2H3,(H,25,26);1H. The van der Waals surface area contributed by atoms with Gasteiger partial charge in [-0.15, -0.1) is 12.4 Å². The van der Waals surface area contributed by atoms with Gasteiger partial charge >= 0.3 is 0 Å². The molecular weight excluding hydrogens is 419 g/mol. The van der Waals surface area contributed by atoms with Crippen LogP contribution in [0.3, 0.4) is 0 Å². The molecule has 0 amide bonds. The van der Waals surface area contributed by atoms with Gasteiger partial charge in [-0.3, -0.25) is 0 Å². The van der Waals surface area contributed by atoms with E-state index in [2.05, 4.69) is 34.2 Å². The maximum atomic E-state index is 6.21. The van der Waals surface area contributed by atoms with E-state index in [-0.39, 0.29) is 12.4 Å². The van der Waals surface area contributed by atoms with E-state index < -0.39 is 0 Å². The summed E-state index contributed by atoms with van der Waals surface area (Å²) in [6.07, 6.45) is 1.11. The van der Waals surface area contributed by atoms with Crippen LogP contribution in [0.15, 0.2) is 36.4 Å². The lowest BCUT2D eigenvalue weighted by atomic mass is 10.1. The lowest BCUT2D eigenvalue weighted by Gasteiger charge is -2.34. The number of piperazine rings is 1. The first-order valence-corrected chi connectivity index (χ1v) is 10.8. The molecule has 1 fully saturated rings. The van der Waals surface area contributed by atoms with Gasteiger partial charge in [0.15, 0.2) is 0 Å². The van der Waals surface area contributed by atoms with E-state index in [4.69, 9.17) is 21.3 Å². The molecule has 0 spiro atoms. The second kappa shape index (κ2) is 10.5. The van der Waals surface area contributed by atoms with Crippen LogP contribution in [-0.2, 0) is 0 Å². The predicted molar refractivity (Wildman–Crippen MR) is 130 cm³/mol. The van der Waals surface area contributed by atoms with Crippen molar-refractivity contribution in [3.8, 4) is 5.75 Å². The smallest absolute Gasteiger partial charge is 0.119 e. The number of rotatable bonds is 7. The molecule has 5 nitrogen and oxygen atoms in total. The van der Waals surface area contributed by atoms with Crippen LogP contribution in [0.1, 0.15) is 13.3 Å². The fourth-order valence-electron chi connectivity index (χ4n) is 4.06. The quantitative estimate of drug-likeness (QED) is 0.410. The first-order valence-electron chi connectivity index (χ1n) is 10.4. The summed E-state index contributed by atoms with van der Waals surface area (Å²) in [4.78, 5) is 9.88. The highest BCUT2D eigenvalue weighted by Gasteiger charge is 2.15. The fourth-order valence-corrected chi connectivity index (χ4v) is 4.23. The molecule has 1 aliphatic heterocycles. The number of benzene rings is 2. The normalized spacial score (nSPS) is 15.3. The number of anilines is 1. The lowest BCUT2D eigenvalue weighted by molar-refractivity contribution is 0.137. The highest BCUT2D eigenvalue weighted by Crippen LogP contribution is 2.34. The number of nitrogens with zero attached hydrogens (tertiary/aromatic N) is 3. The molecule has 0 aliphatic carbocycles. The molecule has 1 saturated heterocycles. The molecule has 1 aromatic heterocycles. The summed E-state index contributed by atoms with van der Waals surface area (Å²) in [5, 5.41) is 6.56. The SMILES string of the molecule is CCN1CCN(CCCNc2c3ccc(Cl)cc3nc3ccc(OC)cc23)CC1.Cl. The average molecular weight is 449 g/mol. The van der Waals surface area contributed by atoms with Crippen molar-refractivity contribution >= 4 is 51.5 Å². The molecule has 30 heavy (non-hydrogen) atoms. The first kappa shape index (κ1) is 22.9. The van der Waals surface area contributed by atoms with Crippen LogP contribution in [0.4, 0.5) is 5.69 Å². The largest absolute Gasteiger partial charge is 0.497 e. The summed E-state index contributed by atoms with van der Waals surface area (Å²) in [5.74, 6) is 0.837. The Labute approximate surface area is 189 Å². The van der Waals surface area contributed by atoms with Crippen LogP contribution >= 0.6 is 24.0 Å². The van der Waals surface area contributed by atoms with Gasteiger partial charge in [-0.05, 0) is 55.9 Å². The van der Waals surface area contributed by atoms with E-state index in [0.29, 0.717) is 5.02 Å². The van der Waals surface area contributed by atoms with Crippen molar-refractivity contribution in [2.75, 3.05) is 58.2 Å². The summed E-state index contributed by atoms with van der Waals surface area (Å²) >= 11 is 6.21. The van der Waals surface area contributed by atoms with Crippen LogP contribution in [0.25, 0.3) is 21.8 Å². The molecular formula is C23H30Cl2N4O. The molecule has 0 atom stereocenters. The Morgan fingerprint density at radius 1 is 1.00 bits per heavy atom. The Morgan fingerprint density at radius 3 is 2.50 bits per heavy atom. The van der Waals surface area contributed by atoms with Crippen molar-refractivity contribution in [2.24, 2.45) is 0 Å². The van der Waals surface area contributed by atoms with Crippen molar-refractivity contribution in [2.45, 2.75) is 13.3 Å². The van der Waals surface area contributed by atoms with E-state index in [1.54, 1.807) is 7.11 Å². The molecule has 3 aromatic rings. The third-order valence-corrected chi connectivity index (χ3v) is 6.04. The molecule has 0 radical (unpaired) electrons. The van der Waals surface area contributed by atoms with Gasteiger partial charge in [0, 0.05) is 48.5 Å². The van der Waals surface area contributed by atoms with E-state index in [9.17, 15) is 0 Å². The second-order valence-corrected chi connectivity index (χ2v) is 8.02. The number of methoxy groups -OCH3 is 1. The Morgan fingerprint density at radius 2 is 1.77 bits per heavy atom. The van der Waals surface area contributed by atoms with Gasteiger partial charge in [0.2, 0.25) is 0 Å². The van der Waals surface area contributed by atoms with Crippen molar-refractivity contribution in [3.63, 3.8) is 0 Å². The van der Waals surface area contributed by atoms with Gasteiger partial charge in [-0.1, -0.05) is 18.5 Å². The number of aromatic nitrogens is 1. The highest BCUT2D eigenvalue weighted by atomic mass is 35.5. The van der Waals surface area contributed by atoms with Gasteiger partial charge in [0.1, 0.15) is 5.75 Å². The van der Waals surface area contributed by atoms with E-state index in [0.717, 1.165) is 59.3 Å². The summed E-state index contributed by atoms with van der Waals surface area (Å²) in [7, 11) is 1.70. The predicted octanol–water partition coefficient (Wildman–Crippen LogP) is 4.91. The van der Waals surface area contributed by atoms with Crippen LogP contribution in [0.2, 0.25) is 5.02 Å². The zero-order chi connectivity index (χ0) is 20.2. The zero-order valence-corrected chi connectivity index (χ0v) is 19.2. The van der Waals surface area contributed by atoms with Crippen molar-refractivity contribution in [3.05, 3.63) is 41.4 Å². The minimum atomic E-state index is 0. The summed E-state index contributed by atoms with van der Waals surface area (Å²) in [5.41, 5.74) is 2.96. The third kappa shape index (κ3) is 5.09. The molecule has 1 N–H and O–H groups in total. The molecule has 0 saturated carbocycles. The minimum Gasteiger partial charge on any atom is -0.497 e. The molecule has 0 unspecified atom stereocenters. The van der Waals surface area contributed by atoms with Gasteiger partial charge in [0.05, 0.1) is 23.8 Å². The number of nitrogens with one attached hydrogen (secondary N) is 1. The molecule has 1 aliphatic rings. The summed E-state index contributed by atoms with van der Waals surface area (Å²) < 4.78 is 5.44. The van der Waals surface area contributed by atoms with Gasteiger partial charge in [-0.2, -0.15) is 0 Å². The van der Waals surface area contributed by atoms with Gasteiger partial charge < -0.3 is 19.9 Å². The monoisotopic (exact) mass is 448 g/mol. The second-order valence-electron chi connectivity index (χ2n) is 7.59. The number of likely N-dealkylation sites (N-methyl/N-ethyl adjacent to an activating group) is 1. The number of fused-ring (bicyclic) bond motifs is 2. The molecule has 7 heteroatoms. The summed E-state index contributed by atoms with van der Waals surface area (Å²) in [6.45, 7) is 10.2. The van der Waals surface area contributed by atoms with Crippen LogP contribution in [-0.4, -0.2) is 67.7 Å². The Balaban J connectivity index is 0.00000256. The van der Waals surface area contributed by atoms with Crippen molar-refractivity contribution in [1.29, 1.82) is 0 Å². The zero-order valence-electron chi connectivity index (χ0n) is 17.7. The highest BCUT2D eigenvalue weighted by molar-refractivity contribution is 6.31. The fraction of sp³-hybridized carbons (Fsp3) is 0.435. The van der Waals surface area contributed by atoms with Crippen LogP contribution in [0.5, 0.6) is 5.75 Å². The molecule has 2 aromatic carbocycles. The molecule has 4 rings (SSSR count). The van der Waals surface area contributed by atoms with Crippen LogP contribution < -0.4 is 10.1 Å². The minimum absolute atomic E-state index is 0. The van der Waals surface area contributed by atoms with Gasteiger partial charge in [0.25, 0.3) is 0 Å². The molecule has 162 valence electrons. The maximum absolute atomic E-state index is 6.21. The maximum Gasteiger partial charge on any atom is 0.119 e. The lowest BCUT2D eigenvalue weighted by Crippen LogP contribution is -2.46. The first-order chi connectivity index (χ1) is 14.2. The van der Waals surface area contributed by atoms with Gasteiger partial charge in [-0.25, -0.2) is 4.98 Å². The van der Waals surface area contributed by atoms with E-state index in [1.807, 2.05) is 24.3 Å².